The number of piperidine rings is 1. The molecule has 2 aliphatic heterocycles. The Bertz CT molecular complexity index is 483. The maximum Gasteiger partial charge on any atom is 0.0453 e. The molecule has 4 heteroatoms. The first kappa shape index (κ1) is 15.3. The average Bonchev–Trinajstić information content (AvgIpc) is 2.91. The van der Waals surface area contributed by atoms with E-state index in [0.29, 0.717) is 12.1 Å². The number of nitrogens with zero attached hydrogens (tertiary/aromatic N) is 2. The van der Waals surface area contributed by atoms with Gasteiger partial charge in [-0.25, -0.2) is 0 Å². The predicted octanol–water partition coefficient (Wildman–Crippen LogP) is 2.65. The highest BCUT2D eigenvalue weighted by molar-refractivity contribution is 6.31. The summed E-state index contributed by atoms with van der Waals surface area (Å²) >= 11 is 6.36. The summed E-state index contributed by atoms with van der Waals surface area (Å²) in [5.74, 6) is 0. The van der Waals surface area contributed by atoms with Gasteiger partial charge in [0.15, 0.2) is 0 Å². The zero-order chi connectivity index (χ0) is 14.8. The van der Waals surface area contributed by atoms with Gasteiger partial charge in [0.05, 0.1) is 0 Å². The summed E-state index contributed by atoms with van der Waals surface area (Å²) in [7, 11) is 0. The van der Waals surface area contributed by atoms with Crippen LogP contribution in [-0.4, -0.2) is 48.1 Å². The summed E-state index contributed by atoms with van der Waals surface area (Å²) in [6.45, 7) is 7.75. The second-order valence-electron chi connectivity index (χ2n) is 6.65. The number of rotatable bonds is 3. The van der Waals surface area contributed by atoms with Gasteiger partial charge < -0.3 is 5.73 Å². The number of hydrogen-bond donors (Lipinski definition) is 1. The molecule has 2 aliphatic rings. The van der Waals surface area contributed by atoms with E-state index in [0.717, 1.165) is 24.4 Å². The minimum absolute atomic E-state index is 0.421. The minimum Gasteiger partial charge on any atom is -0.328 e. The SMILES string of the molecule is Cc1ccc(CN2CCC(N3CCC(N)CC3)C2)c(Cl)c1. The fourth-order valence-corrected chi connectivity index (χ4v) is 3.85. The molecule has 1 unspecified atom stereocenters. The monoisotopic (exact) mass is 307 g/mol. The Balaban J connectivity index is 1.55. The molecule has 0 radical (unpaired) electrons. The average molecular weight is 308 g/mol. The molecule has 2 fully saturated rings. The van der Waals surface area contributed by atoms with Crippen molar-refractivity contribution in [2.24, 2.45) is 5.73 Å². The van der Waals surface area contributed by atoms with Gasteiger partial charge >= 0.3 is 0 Å². The summed E-state index contributed by atoms with van der Waals surface area (Å²) in [5, 5.41) is 0.905. The molecular formula is C17H26ClN3. The molecule has 1 aromatic rings. The molecule has 3 rings (SSSR count). The van der Waals surface area contributed by atoms with E-state index in [1.807, 2.05) is 0 Å². The Morgan fingerprint density at radius 1 is 1.19 bits per heavy atom. The Hall–Kier alpha value is -0.610. The van der Waals surface area contributed by atoms with Crippen LogP contribution in [0.2, 0.25) is 5.02 Å². The standard InChI is InChI=1S/C17H26ClN3/c1-13-2-3-14(17(18)10-13)11-20-7-6-16(12-20)21-8-4-15(19)5-9-21/h2-3,10,15-16H,4-9,11-12,19H2,1H3. The predicted molar refractivity (Wildman–Crippen MR) is 88.7 cm³/mol. The molecule has 0 bridgehead atoms. The van der Waals surface area contributed by atoms with Crippen LogP contribution in [0.4, 0.5) is 0 Å². The van der Waals surface area contributed by atoms with Crippen LogP contribution in [-0.2, 0) is 6.54 Å². The van der Waals surface area contributed by atoms with Crippen LogP contribution < -0.4 is 5.73 Å². The lowest BCUT2D eigenvalue weighted by Crippen LogP contribution is -2.46. The van der Waals surface area contributed by atoms with Gasteiger partial charge in [-0.3, -0.25) is 9.80 Å². The maximum atomic E-state index is 6.36. The van der Waals surface area contributed by atoms with Gasteiger partial charge in [0.2, 0.25) is 0 Å². The van der Waals surface area contributed by atoms with Gasteiger partial charge in [0, 0.05) is 36.7 Å². The first-order valence-corrected chi connectivity index (χ1v) is 8.46. The van der Waals surface area contributed by atoms with E-state index in [4.69, 9.17) is 17.3 Å². The van der Waals surface area contributed by atoms with Crippen molar-refractivity contribution in [3.63, 3.8) is 0 Å². The fraction of sp³-hybridized carbons (Fsp3) is 0.647. The van der Waals surface area contributed by atoms with Crippen molar-refractivity contribution < 1.29 is 0 Å². The second-order valence-corrected chi connectivity index (χ2v) is 7.05. The highest BCUT2D eigenvalue weighted by Gasteiger charge is 2.29. The van der Waals surface area contributed by atoms with Crippen molar-refractivity contribution >= 4 is 11.6 Å². The van der Waals surface area contributed by atoms with Crippen LogP contribution in [0.1, 0.15) is 30.4 Å². The van der Waals surface area contributed by atoms with Crippen molar-refractivity contribution in [1.82, 2.24) is 9.80 Å². The lowest BCUT2D eigenvalue weighted by Gasteiger charge is -2.34. The number of hydrogen-bond acceptors (Lipinski definition) is 3. The van der Waals surface area contributed by atoms with Crippen molar-refractivity contribution in [2.75, 3.05) is 26.2 Å². The summed E-state index contributed by atoms with van der Waals surface area (Å²) < 4.78 is 0. The van der Waals surface area contributed by atoms with Crippen LogP contribution >= 0.6 is 11.6 Å². The first-order valence-electron chi connectivity index (χ1n) is 8.09. The molecule has 21 heavy (non-hydrogen) atoms. The zero-order valence-electron chi connectivity index (χ0n) is 12.9. The van der Waals surface area contributed by atoms with Crippen molar-refractivity contribution in [2.45, 2.75) is 44.8 Å². The minimum atomic E-state index is 0.421. The molecule has 116 valence electrons. The van der Waals surface area contributed by atoms with Crippen molar-refractivity contribution in [3.05, 3.63) is 34.3 Å². The van der Waals surface area contributed by atoms with Crippen molar-refractivity contribution in [1.29, 1.82) is 0 Å². The Labute approximate surface area is 133 Å². The molecule has 0 aliphatic carbocycles. The lowest BCUT2D eigenvalue weighted by atomic mass is 10.0. The summed E-state index contributed by atoms with van der Waals surface area (Å²) in [4.78, 5) is 5.18. The Morgan fingerprint density at radius 2 is 1.95 bits per heavy atom. The molecule has 2 N–H and O–H groups in total. The molecule has 2 heterocycles. The van der Waals surface area contributed by atoms with Crippen molar-refractivity contribution in [3.8, 4) is 0 Å². The largest absolute Gasteiger partial charge is 0.328 e. The molecule has 0 saturated carbocycles. The van der Waals surface area contributed by atoms with E-state index in [1.54, 1.807) is 0 Å². The third kappa shape index (κ3) is 3.78. The highest BCUT2D eigenvalue weighted by Crippen LogP contribution is 2.24. The zero-order valence-corrected chi connectivity index (χ0v) is 13.6. The highest BCUT2D eigenvalue weighted by atomic mass is 35.5. The third-order valence-corrected chi connectivity index (χ3v) is 5.29. The molecule has 3 nitrogen and oxygen atoms in total. The topological polar surface area (TPSA) is 32.5 Å². The number of benzene rings is 1. The summed E-state index contributed by atoms with van der Waals surface area (Å²) in [6, 6.07) is 7.52. The van der Waals surface area contributed by atoms with Gasteiger partial charge in [0.1, 0.15) is 0 Å². The van der Waals surface area contributed by atoms with Gasteiger partial charge in [0.25, 0.3) is 0 Å². The van der Waals surface area contributed by atoms with E-state index in [2.05, 4.69) is 34.9 Å². The molecular weight excluding hydrogens is 282 g/mol. The smallest absolute Gasteiger partial charge is 0.0453 e. The van der Waals surface area contributed by atoms with Gasteiger partial charge in [-0.15, -0.1) is 0 Å². The van der Waals surface area contributed by atoms with Crippen LogP contribution in [0.3, 0.4) is 0 Å². The third-order valence-electron chi connectivity index (χ3n) is 4.94. The Kier molecular flexibility index (Phi) is 4.85. The second kappa shape index (κ2) is 6.66. The van der Waals surface area contributed by atoms with E-state index in [-0.39, 0.29) is 0 Å². The molecule has 2 saturated heterocycles. The number of aryl methyl sites for hydroxylation is 1. The first-order chi connectivity index (χ1) is 10.1. The molecule has 1 atom stereocenters. The maximum absolute atomic E-state index is 6.36. The summed E-state index contributed by atoms with van der Waals surface area (Å²) in [5.41, 5.74) is 8.48. The van der Waals surface area contributed by atoms with E-state index < -0.39 is 0 Å². The molecule has 0 aromatic heterocycles. The van der Waals surface area contributed by atoms with E-state index in [1.165, 1.54) is 43.7 Å². The number of halogens is 1. The Morgan fingerprint density at radius 3 is 2.67 bits per heavy atom. The number of likely N-dealkylation sites (tertiary alicyclic amines) is 2. The number of nitrogens with two attached hydrogens (primary N) is 1. The summed E-state index contributed by atoms with van der Waals surface area (Å²) in [6.07, 6.45) is 3.58. The quantitative estimate of drug-likeness (QED) is 0.932. The van der Waals surface area contributed by atoms with E-state index in [9.17, 15) is 0 Å². The lowest BCUT2D eigenvalue weighted by molar-refractivity contribution is 0.151. The molecule has 1 aromatic carbocycles. The van der Waals surface area contributed by atoms with Crippen LogP contribution in [0.15, 0.2) is 18.2 Å². The van der Waals surface area contributed by atoms with Crippen LogP contribution in [0, 0.1) is 6.92 Å². The van der Waals surface area contributed by atoms with Gasteiger partial charge in [-0.2, -0.15) is 0 Å². The van der Waals surface area contributed by atoms with E-state index >= 15 is 0 Å². The normalized spacial score (nSPS) is 25.6. The van der Waals surface area contributed by atoms with Crippen LogP contribution in [0.25, 0.3) is 0 Å². The fourth-order valence-electron chi connectivity index (χ4n) is 3.56. The van der Waals surface area contributed by atoms with Gasteiger partial charge in [-0.05, 0) is 56.5 Å². The molecule has 0 spiro atoms. The van der Waals surface area contributed by atoms with Gasteiger partial charge in [-0.1, -0.05) is 23.7 Å². The van der Waals surface area contributed by atoms with Crippen LogP contribution in [0.5, 0.6) is 0 Å². The molecule has 0 amide bonds.